The molecule has 0 radical (unpaired) electrons. The highest BCUT2D eigenvalue weighted by Crippen LogP contribution is 2.28. The molecule has 0 aliphatic carbocycles. The van der Waals surface area contributed by atoms with Gasteiger partial charge in [-0.3, -0.25) is 9.59 Å². The number of benzene rings is 1. The third-order valence-corrected chi connectivity index (χ3v) is 5.62. The van der Waals surface area contributed by atoms with Crippen LogP contribution in [0.25, 0.3) is 0 Å². The van der Waals surface area contributed by atoms with E-state index in [2.05, 4.69) is 20.1 Å². The maximum Gasteiger partial charge on any atom is 0.253 e. The fourth-order valence-corrected chi connectivity index (χ4v) is 4.10. The van der Waals surface area contributed by atoms with Crippen LogP contribution in [-0.2, 0) is 24.2 Å². The Labute approximate surface area is 169 Å². The standard InChI is InChI=1S/C20H24ClN5O2/c21-14-7-8-15(16(13-14)25-12-4-6-19(25)27)20(28)22-10-9-18-24-23-17-5-2-1-3-11-26(17)18/h7-8,13H,1-6,9-12H2,(H,22,28). The van der Waals surface area contributed by atoms with Gasteiger partial charge in [-0.1, -0.05) is 18.0 Å². The first-order chi connectivity index (χ1) is 13.6. The van der Waals surface area contributed by atoms with Crippen LogP contribution in [0.3, 0.4) is 0 Å². The monoisotopic (exact) mass is 401 g/mol. The number of carbonyl (C=O) groups excluding carboxylic acids is 2. The van der Waals surface area contributed by atoms with Gasteiger partial charge in [-0.25, -0.2) is 0 Å². The fourth-order valence-electron chi connectivity index (χ4n) is 3.94. The molecule has 2 amide bonds. The van der Waals surface area contributed by atoms with E-state index in [-0.39, 0.29) is 11.8 Å². The van der Waals surface area contributed by atoms with Gasteiger partial charge >= 0.3 is 0 Å². The Bertz CT molecular complexity index is 895. The van der Waals surface area contributed by atoms with Gasteiger partial charge in [0, 0.05) is 43.9 Å². The Morgan fingerprint density at radius 2 is 2.00 bits per heavy atom. The molecule has 28 heavy (non-hydrogen) atoms. The molecular formula is C20H24ClN5O2. The minimum absolute atomic E-state index is 0.0301. The fraction of sp³-hybridized carbons (Fsp3) is 0.500. The summed E-state index contributed by atoms with van der Waals surface area (Å²) < 4.78 is 2.19. The van der Waals surface area contributed by atoms with Crippen molar-refractivity contribution in [2.75, 3.05) is 18.0 Å². The largest absolute Gasteiger partial charge is 0.352 e. The molecular weight excluding hydrogens is 378 g/mol. The Balaban J connectivity index is 1.43. The molecule has 3 heterocycles. The number of aryl methyl sites for hydroxylation is 1. The van der Waals surface area contributed by atoms with E-state index in [4.69, 9.17) is 11.6 Å². The van der Waals surface area contributed by atoms with Gasteiger partial charge in [0.05, 0.1) is 11.3 Å². The minimum atomic E-state index is -0.207. The first-order valence-corrected chi connectivity index (χ1v) is 10.3. The van der Waals surface area contributed by atoms with Crippen molar-refractivity contribution in [2.24, 2.45) is 0 Å². The number of halogens is 1. The summed E-state index contributed by atoms with van der Waals surface area (Å²) in [5.41, 5.74) is 1.06. The molecule has 2 aromatic rings. The maximum atomic E-state index is 12.8. The average molecular weight is 402 g/mol. The van der Waals surface area contributed by atoms with Gasteiger partial charge in [-0.05, 0) is 37.5 Å². The normalized spacial score (nSPS) is 16.8. The van der Waals surface area contributed by atoms with Gasteiger partial charge in [0.25, 0.3) is 5.91 Å². The van der Waals surface area contributed by atoms with E-state index >= 15 is 0 Å². The van der Waals surface area contributed by atoms with Gasteiger partial charge in [-0.2, -0.15) is 0 Å². The van der Waals surface area contributed by atoms with Crippen molar-refractivity contribution in [3.63, 3.8) is 0 Å². The molecule has 0 bridgehead atoms. The highest BCUT2D eigenvalue weighted by Gasteiger charge is 2.26. The summed E-state index contributed by atoms with van der Waals surface area (Å²) in [6.45, 7) is 2.03. The molecule has 148 valence electrons. The zero-order chi connectivity index (χ0) is 19.5. The van der Waals surface area contributed by atoms with E-state index < -0.39 is 0 Å². The van der Waals surface area contributed by atoms with E-state index in [1.54, 1.807) is 23.1 Å². The Morgan fingerprint density at radius 3 is 2.82 bits per heavy atom. The van der Waals surface area contributed by atoms with Gasteiger partial charge < -0.3 is 14.8 Å². The van der Waals surface area contributed by atoms with Crippen molar-refractivity contribution in [3.05, 3.63) is 40.4 Å². The van der Waals surface area contributed by atoms with Crippen molar-refractivity contribution in [1.82, 2.24) is 20.1 Å². The third-order valence-electron chi connectivity index (χ3n) is 5.39. The lowest BCUT2D eigenvalue weighted by atomic mass is 10.1. The third kappa shape index (κ3) is 3.90. The summed E-state index contributed by atoms with van der Waals surface area (Å²) in [6, 6.07) is 5.05. The summed E-state index contributed by atoms with van der Waals surface area (Å²) in [7, 11) is 0. The second-order valence-corrected chi connectivity index (χ2v) is 7.75. The number of rotatable bonds is 5. The van der Waals surface area contributed by atoms with Crippen molar-refractivity contribution in [2.45, 2.75) is 51.5 Å². The summed E-state index contributed by atoms with van der Waals surface area (Å²) in [6.07, 6.45) is 6.41. The summed E-state index contributed by atoms with van der Waals surface area (Å²) in [4.78, 5) is 26.6. The van der Waals surface area contributed by atoms with Gasteiger partial charge in [0.15, 0.2) is 0 Å². The predicted molar refractivity (Wildman–Crippen MR) is 107 cm³/mol. The Kier molecular flexibility index (Phi) is 5.62. The number of nitrogens with zero attached hydrogens (tertiary/aromatic N) is 4. The molecule has 2 aliphatic rings. The number of hydrogen-bond donors (Lipinski definition) is 1. The number of fused-ring (bicyclic) bond motifs is 1. The lowest BCUT2D eigenvalue weighted by Crippen LogP contribution is -2.31. The van der Waals surface area contributed by atoms with Crippen LogP contribution in [-0.4, -0.2) is 39.7 Å². The molecule has 1 aromatic heterocycles. The van der Waals surface area contributed by atoms with Crippen LogP contribution in [0.2, 0.25) is 5.02 Å². The zero-order valence-corrected chi connectivity index (χ0v) is 16.5. The summed E-state index contributed by atoms with van der Waals surface area (Å²) in [5, 5.41) is 12.1. The van der Waals surface area contributed by atoms with Crippen LogP contribution in [0.4, 0.5) is 5.69 Å². The predicted octanol–water partition coefficient (Wildman–Crippen LogP) is 2.76. The molecule has 8 heteroatoms. The number of anilines is 1. The van der Waals surface area contributed by atoms with Crippen LogP contribution >= 0.6 is 11.6 Å². The van der Waals surface area contributed by atoms with Crippen LogP contribution in [0.15, 0.2) is 18.2 Å². The van der Waals surface area contributed by atoms with E-state index in [1.165, 1.54) is 6.42 Å². The molecule has 2 aliphatic heterocycles. The molecule has 0 unspecified atom stereocenters. The van der Waals surface area contributed by atoms with Crippen molar-refractivity contribution >= 4 is 29.1 Å². The number of hydrogen-bond acceptors (Lipinski definition) is 4. The Hall–Kier alpha value is -2.41. The summed E-state index contributed by atoms with van der Waals surface area (Å²) in [5.74, 6) is 1.79. The maximum absolute atomic E-state index is 12.8. The highest BCUT2D eigenvalue weighted by molar-refractivity contribution is 6.31. The molecule has 1 aromatic carbocycles. The topological polar surface area (TPSA) is 80.1 Å². The number of nitrogens with one attached hydrogen (secondary N) is 1. The van der Waals surface area contributed by atoms with E-state index in [9.17, 15) is 9.59 Å². The van der Waals surface area contributed by atoms with E-state index in [0.29, 0.717) is 42.2 Å². The lowest BCUT2D eigenvalue weighted by Gasteiger charge is -2.19. The molecule has 1 saturated heterocycles. The van der Waals surface area contributed by atoms with Gasteiger partial charge in [-0.15, -0.1) is 10.2 Å². The quantitative estimate of drug-likeness (QED) is 0.835. The van der Waals surface area contributed by atoms with Gasteiger partial charge in [0.2, 0.25) is 5.91 Å². The molecule has 4 rings (SSSR count). The SMILES string of the molecule is O=C(NCCc1nnc2n1CCCCC2)c1ccc(Cl)cc1N1CCCC1=O. The zero-order valence-electron chi connectivity index (χ0n) is 15.8. The first-order valence-electron chi connectivity index (χ1n) is 9.92. The smallest absolute Gasteiger partial charge is 0.253 e. The van der Waals surface area contributed by atoms with Crippen LogP contribution in [0.5, 0.6) is 0 Å². The number of aromatic nitrogens is 3. The van der Waals surface area contributed by atoms with Crippen molar-refractivity contribution < 1.29 is 9.59 Å². The number of carbonyl (C=O) groups is 2. The van der Waals surface area contributed by atoms with Crippen molar-refractivity contribution in [3.8, 4) is 0 Å². The van der Waals surface area contributed by atoms with Crippen LogP contribution in [0, 0.1) is 0 Å². The first kappa shape index (κ1) is 18.9. The highest BCUT2D eigenvalue weighted by atomic mass is 35.5. The average Bonchev–Trinajstić information content (AvgIpc) is 3.20. The molecule has 1 N–H and O–H groups in total. The molecule has 0 spiro atoms. The van der Waals surface area contributed by atoms with Crippen LogP contribution in [0.1, 0.15) is 54.1 Å². The van der Waals surface area contributed by atoms with Crippen molar-refractivity contribution in [1.29, 1.82) is 0 Å². The van der Waals surface area contributed by atoms with Crippen LogP contribution < -0.4 is 10.2 Å². The minimum Gasteiger partial charge on any atom is -0.352 e. The van der Waals surface area contributed by atoms with E-state index in [0.717, 1.165) is 43.9 Å². The van der Waals surface area contributed by atoms with E-state index in [1.807, 2.05) is 0 Å². The molecule has 0 atom stereocenters. The molecule has 7 nitrogen and oxygen atoms in total. The second-order valence-electron chi connectivity index (χ2n) is 7.31. The lowest BCUT2D eigenvalue weighted by molar-refractivity contribution is -0.117. The second kappa shape index (κ2) is 8.31. The van der Waals surface area contributed by atoms with Gasteiger partial charge in [0.1, 0.15) is 11.6 Å². The Morgan fingerprint density at radius 1 is 1.11 bits per heavy atom. The summed E-state index contributed by atoms with van der Waals surface area (Å²) >= 11 is 6.11. The molecule has 1 fully saturated rings. The number of amides is 2. The molecule has 0 saturated carbocycles.